The predicted molar refractivity (Wildman–Crippen MR) is 81.3 cm³/mol. The van der Waals surface area contributed by atoms with E-state index in [4.69, 9.17) is 11.0 Å². The van der Waals surface area contributed by atoms with Crippen LogP contribution in [-0.2, 0) is 13.0 Å². The van der Waals surface area contributed by atoms with Gasteiger partial charge in [-0.15, -0.1) is 0 Å². The normalized spacial score (nSPS) is 13.6. The summed E-state index contributed by atoms with van der Waals surface area (Å²) in [5, 5.41) is 8.92. The monoisotopic (exact) mass is 281 g/mol. The SMILES string of the molecule is N#Cc1cccc(CN2CCCc3cc(N)ccc32)c1F. The first-order valence-corrected chi connectivity index (χ1v) is 7.00. The summed E-state index contributed by atoms with van der Waals surface area (Å²) < 4.78 is 14.2. The van der Waals surface area contributed by atoms with Gasteiger partial charge in [-0.3, -0.25) is 0 Å². The third-order valence-corrected chi connectivity index (χ3v) is 3.88. The fourth-order valence-corrected chi connectivity index (χ4v) is 2.85. The van der Waals surface area contributed by atoms with Crippen molar-refractivity contribution < 1.29 is 4.39 Å². The molecule has 0 aliphatic carbocycles. The topological polar surface area (TPSA) is 53.0 Å². The second kappa shape index (κ2) is 5.45. The van der Waals surface area contributed by atoms with E-state index >= 15 is 0 Å². The number of nitrogens with two attached hydrogens (primary N) is 1. The van der Waals surface area contributed by atoms with Crippen molar-refractivity contribution >= 4 is 11.4 Å². The number of hydrogen-bond donors (Lipinski definition) is 1. The van der Waals surface area contributed by atoms with Crippen molar-refractivity contribution in [1.29, 1.82) is 5.26 Å². The van der Waals surface area contributed by atoms with E-state index < -0.39 is 5.82 Å². The molecule has 4 heteroatoms. The molecule has 0 aromatic heterocycles. The minimum atomic E-state index is -0.414. The molecular weight excluding hydrogens is 265 g/mol. The second-order valence-electron chi connectivity index (χ2n) is 5.30. The zero-order valence-corrected chi connectivity index (χ0v) is 11.6. The van der Waals surface area contributed by atoms with Gasteiger partial charge in [-0.25, -0.2) is 4.39 Å². The smallest absolute Gasteiger partial charge is 0.145 e. The molecule has 0 saturated carbocycles. The molecule has 0 radical (unpaired) electrons. The highest BCUT2D eigenvalue weighted by Crippen LogP contribution is 2.30. The Balaban J connectivity index is 1.93. The summed E-state index contributed by atoms with van der Waals surface area (Å²) in [6.07, 6.45) is 2.02. The highest BCUT2D eigenvalue weighted by atomic mass is 19.1. The van der Waals surface area contributed by atoms with Gasteiger partial charge >= 0.3 is 0 Å². The van der Waals surface area contributed by atoms with E-state index in [9.17, 15) is 4.39 Å². The zero-order chi connectivity index (χ0) is 14.8. The lowest BCUT2D eigenvalue weighted by molar-refractivity contribution is 0.594. The number of fused-ring (bicyclic) bond motifs is 1. The first kappa shape index (κ1) is 13.4. The minimum absolute atomic E-state index is 0.0991. The molecule has 0 fully saturated rings. The van der Waals surface area contributed by atoms with Gasteiger partial charge in [-0.1, -0.05) is 12.1 Å². The van der Waals surface area contributed by atoms with Crippen LogP contribution in [0.1, 0.15) is 23.1 Å². The summed E-state index contributed by atoms with van der Waals surface area (Å²) >= 11 is 0. The molecular formula is C17H16FN3. The van der Waals surface area contributed by atoms with Crippen LogP contribution in [0.2, 0.25) is 0 Å². The van der Waals surface area contributed by atoms with E-state index in [1.165, 1.54) is 11.6 Å². The van der Waals surface area contributed by atoms with Crippen LogP contribution in [0.5, 0.6) is 0 Å². The summed E-state index contributed by atoms with van der Waals surface area (Å²) in [6.45, 7) is 1.35. The van der Waals surface area contributed by atoms with Crippen LogP contribution in [0, 0.1) is 17.1 Å². The summed E-state index contributed by atoms with van der Waals surface area (Å²) in [6, 6.07) is 12.7. The van der Waals surface area contributed by atoms with Crippen molar-refractivity contribution in [1.82, 2.24) is 0 Å². The molecule has 0 atom stereocenters. The molecule has 0 spiro atoms. The van der Waals surface area contributed by atoms with Gasteiger partial charge in [0, 0.05) is 30.0 Å². The van der Waals surface area contributed by atoms with Crippen molar-refractivity contribution in [3.63, 3.8) is 0 Å². The Kier molecular flexibility index (Phi) is 3.49. The van der Waals surface area contributed by atoms with Crippen LogP contribution >= 0.6 is 0 Å². The van der Waals surface area contributed by atoms with Crippen molar-refractivity contribution in [2.45, 2.75) is 19.4 Å². The highest BCUT2D eigenvalue weighted by Gasteiger charge is 2.19. The van der Waals surface area contributed by atoms with E-state index in [1.54, 1.807) is 12.1 Å². The van der Waals surface area contributed by atoms with Gasteiger partial charge in [-0.2, -0.15) is 5.26 Å². The zero-order valence-electron chi connectivity index (χ0n) is 11.6. The van der Waals surface area contributed by atoms with Gasteiger partial charge in [-0.05, 0) is 42.7 Å². The third kappa shape index (κ3) is 2.55. The maximum Gasteiger partial charge on any atom is 0.145 e. The number of halogens is 1. The fourth-order valence-electron chi connectivity index (χ4n) is 2.85. The number of benzene rings is 2. The van der Waals surface area contributed by atoms with Crippen LogP contribution in [0.3, 0.4) is 0 Å². The van der Waals surface area contributed by atoms with E-state index in [1.807, 2.05) is 24.3 Å². The van der Waals surface area contributed by atoms with Crippen molar-refractivity contribution in [3.8, 4) is 6.07 Å². The van der Waals surface area contributed by atoms with Crippen molar-refractivity contribution in [3.05, 3.63) is 58.9 Å². The van der Waals surface area contributed by atoms with Gasteiger partial charge in [0.2, 0.25) is 0 Å². The van der Waals surface area contributed by atoms with Crippen LogP contribution in [0.15, 0.2) is 36.4 Å². The average molecular weight is 281 g/mol. The van der Waals surface area contributed by atoms with Gasteiger partial charge < -0.3 is 10.6 Å². The number of anilines is 2. The first-order chi connectivity index (χ1) is 10.2. The molecule has 1 aliphatic rings. The number of rotatable bonds is 2. The first-order valence-electron chi connectivity index (χ1n) is 7.00. The van der Waals surface area contributed by atoms with Crippen LogP contribution in [0.4, 0.5) is 15.8 Å². The molecule has 0 unspecified atom stereocenters. The lowest BCUT2D eigenvalue weighted by Gasteiger charge is -2.31. The van der Waals surface area contributed by atoms with Gasteiger partial charge in [0.05, 0.1) is 5.56 Å². The van der Waals surface area contributed by atoms with Gasteiger partial charge in [0.15, 0.2) is 0 Å². The molecule has 106 valence electrons. The third-order valence-electron chi connectivity index (χ3n) is 3.88. The molecule has 1 aliphatic heterocycles. The molecule has 1 heterocycles. The second-order valence-corrected chi connectivity index (χ2v) is 5.30. The van der Waals surface area contributed by atoms with E-state index in [0.717, 1.165) is 30.8 Å². The lowest BCUT2D eigenvalue weighted by atomic mass is 10.00. The average Bonchev–Trinajstić information content (AvgIpc) is 2.49. The molecule has 3 nitrogen and oxygen atoms in total. The van der Waals surface area contributed by atoms with E-state index in [-0.39, 0.29) is 5.56 Å². The van der Waals surface area contributed by atoms with Crippen LogP contribution < -0.4 is 10.6 Å². The molecule has 0 saturated heterocycles. The van der Waals surface area contributed by atoms with Gasteiger partial charge in [0.1, 0.15) is 11.9 Å². The molecule has 21 heavy (non-hydrogen) atoms. The van der Waals surface area contributed by atoms with Crippen LogP contribution in [0.25, 0.3) is 0 Å². The highest BCUT2D eigenvalue weighted by molar-refractivity contribution is 5.61. The minimum Gasteiger partial charge on any atom is -0.399 e. The Morgan fingerprint density at radius 2 is 2.14 bits per heavy atom. The maximum atomic E-state index is 14.2. The Hall–Kier alpha value is -2.54. The molecule has 0 bridgehead atoms. The summed E-state index contributed by atoms with van der Waals surface area (Å²) in [4.78, 5) is 2.15. The maximum absolute atomic E-state index is 14.2. The number of nitrogens with zero attached hydrogens (tertiary/aromatic N) is 2. The predicted octanol–water partition coefficient (Wildman–Crippen LogP) is 3.23. The van der Waals surface area contributed by atoms with E-state index in [2.05, 4.69) is 4.90 Å². The number of aryl methyl sites for hydroxylation is 1. The Morgan fingerprint density at radius 1 is 1.29 bits per heavy atom. The van der Waals surface area contributed by atoms with E-state index in [0.29, 0.717) is 12.1 Å². The summed E-state index contributed by atoms with van der Waals surface area (Å²) in [5.41, 5.74) is 9.55. The molecule has 2 aromatic rings. The number of nitriles is 1. The van der Waals surface area contributed by atoms with Crippen LogP contribution in [-0.4, -0.2) is 6.54 Å². The fraction of sp³-hybridized carbons (Fsp3) is 0.235. The molecule has 2 aromatic carbocycles. The van der Waals surface area contributed by atoms with Crippen molar-refractivity contribution in [2.75, 3.05) is 17.2 Å². The van der Waals surface area contributed by atoms with Gasteiger partial charge in [0.25, 0.3) is 0 Å². The Morgan fingerprint density at radius 3 is 2.95 bits per heavy atom. The lowest BCUT2D eigenvalue weighted by Crippen LogP contribution is -2.29. The standard InChI is InChI=1S/C17H16FN3/c18-17-13(10-19)3-1-4-14(17)11-21-8-2-5-12-9-15(20)6-7-16(12)21/h1,3-4,6-7,9H,2,5,8,11,20H2. The molecule has 2 N–H and O–H groups in total. The number of nitrogen functional groups attached to an aromatic ring is 1. The molecule has 3 rings (SSSR count). The summed E-state index contributed by atoms with van der Waals surface area (Å²) in [5.74, 6) is -0.414. The number of hydrogen-bond acceptors (Lipinski definition) is 3. The largest absolute Gasteiger partial charge is 0.399 e. The Labute approximate surface area is 123 Å². The van der Waals surface area contributed by atoms with Crippen molar-refractivity contribution in [2.24, 2.45) is 0 Å². The quantitative estimate of drug-likeness (QED) is 0.860. The Bertz CT molecular complexity index is 718. The summed E-state index contributed by atoms with van der Waals surface area (Å²) in [7, 11) is 0. The molecule has 0 amide bonds.